The number of ether oxygens (including phenoxy) is 1. The van der Waals surface area contributed by atoms with Crippen molar-refractivity contribution in [2.24, 2.45) is 0 Å². The van der Waals surface area contributed by atoms with E-state index in [0.717, 1.165) is 5.56 Å². The first-order chi connectivity index (χ1) is 11.9. The second-order valence-corrected chi connectivity index (χ2v) is 6.29. The molecule has 0 bridgehead atoms. The molecule has 2 heterocycles. The lowest BCUT2D eigenvalue weighted by Gasteiger charge is -2.15. The molecule has 4 atom stereocenters. The molecule has 4 N–H and O–H groups in total. The van der Waals surface area contributed by atoms with Crippen LogP contribution in [0.2, 0.25) is 5.02 Å². The van der Waals surface area contributed by atoms with E-state index in [-0.39, 0.29) is 12.1 Å². The molecule has 0 radical (unpaired) electrons. The van der Waals surface area contributed by atoms with E-state index in [2.05, 4.69) is 4.98 Å². The molecule has 0 aliphatic carbocycles. The number of aromatic amines is 1. The lowest BCUT2D eigenvalue weighted by atomic mass is 10.0. The first kappa shape index (κ1) is 17.8. The molecule has 8 nitrogen and oxygen atoms in total. The van der Waals surface area contributed by atoms with Gasteiger partial charge in [-0.1, -0.05) is 23.7 Å². The van der Waals surface area contributed by atoms with E-state index in [9.17, 15) is 19.8 Å². The molecule has 1 aromatic heterocycles. The first-order valence-electron chi connectivity index (χ1n) is 7.61. The third kappa shape index (κ3) is 3.53. The molecule has 0 spiro atoms. The fourth-order valence-electron chi connectivity index (χ4n) is 2.79. The molecule has 1 saturated heterocycles. The molecule has 3 rings (SSSR count). The zero-order valence-corrected chi connectivity index (χ0v) is 13.8. The molecule has 9 heteroatoms. The number of nitrogens with zero attached hydrogens (tertiary/aromatic N) is 1. The summed E-state index contributed by atoms with van der Waals surface area (Å²) in [5, 5.41) is 29.6. The summed E-state index contributed by atoms with van der Waals surface area (Å²) in [6.45, 7) is -0.328. The summed E-state index contributed by atoms with van der Waals surface area (Å²) < 4.78 is 6.62. The van der Waals surface area contributed by atoms with Crippen LogP contribution in [0.3, 0.4) is 0 Å². The van der Waals surface area contributed by atoms with Gasteiger partial charge in [0.2, 0.25) is 0 Å². The van der Waals surface area contributed by atoms with E-state index >= 15 is 0 Å². The highest BCUT2D eigenvalue weighted by atomic mass is 35.5. The van der Waals surface area contributed by atoms with Crippen LogP contribution in [0.4, 0.5) is 0 Å². The van der Waals surface area contributed by atoms with Crippen molar-refractivity contribution < 1.29 is 20.1 Å². The summed E-state index contributed by atoms with van der Waals surface area (Å²) in [5.74, 6) is 0. The molecule has 0 saturated carbocycles. The molecule has 0 amide bonds. The Morgan fingerprint density at radius 1 is 1.16 bits per heavy atom. The number of H-pyrrole nitrogens is 1. The third-order valence-corrected chi connectivity index (χ3v) is 4.41. The largest absolute Gasteiger partial charge is 0.394 e. The standard InChI is InChI=1S/C16H17ClN2O6/c17-9-3-1-8(2-4-9)5-19-6-10(15(23)18-16(19)24)14-13(22)12(21)11(7-20)25-14/h1-4,6,11-14,20-22H,5,7H2,(H,18,23,24)/t11-,12-,13-,14+/m1/s1. The minimum absolute atomic E-state index is 0.00364. The van der Waals surface area contributed by atoms with Crippen LogP contribution in [0.5, 0.6) is 0 Å². The molecule has 0 unspecified atom stereocenters. The van der Waals surface area contributed by atoms with E-state index < -0.39 is 42.3 Å². The van der Waals surface area contributed by atoms with Gasteiger partial charge in [0.15, 0.2) is 0 Å². The summed E-state index contributed by atoms with van der Waals surface area (Å²) >= 11 is 5.83. The molecule has 2 aromatic rings. The molecule has 1 aliphatic rings. The summed E-state index contributed by atoms with van der Waals surface area (Å²) in [4.78, 5) is 26.3. The van der Waals surface area contributed by atoms with Crippen LogP contribution in [0.25, 0.3) is 0 Å². The van der Waals surface area contributed by atoms with Gasteiger partial charge < -0.3 is 20.1 Å². The lowest BCUT2D eigenvalue weighted by molar-refractivity contribution is -0.0233. The van der Waals surface area contributed by atoms with Crippen molar-refractivity contribution in [2.45, 2.75) is 31.0 Å². The van der Waals surface area contributed by atoms with Gasteiger partial charge in [0.1, 0.15) is 24.4 Å². The van der Waals surface area contributed by atoms with E-state index in [1.165, 1.54) is 10.8 Å². The minimum atomic E-state index is -1.39. The maximum Gasteiger partial charge on any atom is 0.328 e. The van der Waals surface area contributed by atoms with Crippen molar-refractivity contribution in [3.8, 4) is 0 Å². The fraction of sp³-hybridized carbons (Fsp3) is 0.375. The highest BCUT2D eigenvalue weighted by Crippen LogP contribution is 2.31. The van der Waals surface area contributed by atoms with Crippen LogP contribution in [-0.2, 0) is 11.3 Å². The van der Waals surface area contributed by atoms with Gasteiger partial charge in [-0.2, -0.15) is 0 Å². The van der Waals surface area contributed by atoms with Gasteiger partial charge in [-0.25, -0.2) is 4.79 Å². The maximum absolute atomic E-state index is 12.1. The Hall–Kier alpha value is -1.97. The summed E-state index contributed by atoms with van der Waals surface area (Å²) in [7, 11) is 0. The number of aliphatic hydroxyl groups excluding tert-OH is 3. The van der Waals surface area contributed by atoms with Crippen LogP contribution in [-0.4, -0.2) is 49.8 Å². The number of hydrogen-bond donors (Lipinski definition) is 4. The van der Waals surface area contributed by atoms with Crippen LogP contribution >= 0.6 is 11.6 Å². The highest BCUT2D eigenvalue weighted by molar-refractivity contribution is 6.30. The first-order valence-corrected chi connectivity index (χ1v) is 7.99. The minimum Gasteiger partial charge on any atom is -0.394 e. The number of hydrogen-bond acceptors (Lipinski definition) is 6. The number of rotatable bonds is 4. The SMILES string of the molecule is O=c1[nH]c(=O)n(Cc2ccc(Cl)cc2)cc1[C@@H]1O[C@H](CO)[C@@H](O)[C@H]1O. The molecule has 25 heavy (non-hydrogen) atoms. The Labute approximate surface area is 146 Å². The van der Waals surface area contributed by atoms with Crippen molar-refractivity contribution in [1.29, 1.82) is 0 Å². The summed E-state index contributed by atoms with van der Waals surface area (Å²) in [6.07, 6.45) is -3.58. The third-order valence-electron chi connectivity index (χ3n) is 4.15. The normalized spacial score (nSPS) is 26.1. The van der Waals surface area contributed by atoms with Crippen molar-refractivity contribution in [3.05, 3.63) is 67.4 Å². The average Bonchev–Trinajstić information content (AvgIpc) is 2.87. The van der Waals surface area contributed by atoms with Crippen LogP contribution in [0, 0.1) is 0 Å². The fourth-order valence-corrected chi connectivity index (χ4v) is 2.92. The second kappa shape index (κ2) is 7.11. The summed E-state index contributed by atoms with van der Waals surface area (Å²) in [5.41, 5.74) is -0.552. The maximum atomic E-state index is 12.1. The Morgan fingerprint density at radius 2 is 1.84 bits per heavy atom. The second-order valence-electron chi connectivity index (χ2n) is 5.86. The van der Waals surface area contributed by atoms with E-state index in [1.54, 1.807) is 24.3 Å². The average molecular weight is 369 g/mol. The Morgan fingerprint density at radius 3 is 2.44 bits per heavy atom. The van der Waals surface area contributed by atoms with Gasteiger partial charge in [0.05, 0.1) is 18.7 Å². The van der Waals surface area contributed by atoms with Crippen molar-refractivity contribution in [1.82, 2.24) is 9.55 Å². The Balaban J connectivity index is 1.95. The van der Waals surface area contributed by atoms with Gasteiger partial charge in [-0.15, -0.1) is 0 Å². The lowest BCUT2D eigenvalue weighted by Crippen LogP contribution is -2.36. The van der Waals surface area contributed by atoms with Crippen LogP contribution in [0.15, 0.2) is 40.1 Å². The molecule has 1 fully saturated rings. The molecular weight excluding hydrogens is 352 g/mol. The van der Waals surface area contributed by atoms with Gasteiger partial charge in [0, 0.05) is 11.2 Å². The summed E-state index contributed by atoms with van der Waals surface area (Å²) in [6, 6.07) is 6.85. The van der Waals surface area contributed by atoms with Crippen LogP contribution < -0.4 is 11.2 Å². The molecule has 1 aromatic carbocycles. The van der Waals surface area contributed by atoms with Gasteiger partial charge in [-0.05, 0) is 17.7 Å². The zero-order chi connectivity index (χ0) is 18.1. The molecule has 1 aliphatic heterocycles. The number of nitrogens with one attached hydrogen (secondary N) is 1. The quantitative estimate of drug-likeness (QED) is 0.570. The number of aromatic nitrogens is 2. The van der Waals surface area contributed by atoms with Gasteiger partial charge in [0.25, 0.3) is 5.56 Å². The zero-order valence-electron chi connectivity index (χ0n) is 13.0. The smallest absolute Gasteiger partial charge is 0.328 e. The van der Waals surface area contributed by atoms with Gasteiger partial charge >= 0.3 is 5.69 Å². The van der Waals surface area contributed by atoms with E-state index in [1.807, 2.05) is 0 Å². The van der Waals surface area contributed by atoms with E-state index in [0.29, 0.717) is 5.02 Å². The van der Waals surface area contributed by atoms with E-state index in [4.69, 9.17) is 21.4 Å². The topological polar surface area (TPSA) is 125 Å². The number of halogens is 1. The van der Waals surface area contributed by atoms with Gasteiger partial charge in [-0.3, -0.25) is 14.3 Å². The van der Waals surface area contributed by atoms with Crippen LogP contribution in [0.1, 0.15) is 17.2 Å². The number of benzene rings is 1. The highest BCUT2D eigenvalue weighted by Gasteiger charge is 2.44. The monoisotopic (exact) mass is 368 g/mol. The Bertz CT molecular complexity index is 862. The van der Waals surface area contributed by atoms with Crippen molar-refractivity contribution in [2.75, 3.05) is 6.61 Å². The van der Waals surface area contributed by atoms with Crippen molar-refractivity contribution in [3.63, 3.8) is 0 Å². The predicted octanol–water partition coefficient (Wildman–Crippen LogP) is -0.608. The molecular formula is C16H17ClN2O6. The Kier molecular flexibility index (Phi) is 5.07. The number of aliphatic hydroxyl groups is 3. The predicted molar refractivity (Wildman–Crippen MR) is 88.6 cm³/mol. The van der Waals surface area contributed by atoms with Crippen molar-refractivity contribution >= 4 is 11.6 Å². The molecule has 134 valence electrons.